The Balaban J connectivity index is 2.13. The maximum atomic E-state index is 6.15. The van der Waals surface area contributed by atoms with Gasteiger partial charge in [0.1, 0.15) is 5.82 Å². The van der Waals surface area contributed by atoms with Crippen LogP contribution in [0.4, 0.5) is 5.82 Å². The van der Waals surface area contributed by atoms with E-state index in [1.165, 1.54) is 11.1 Å². The molecule has 4 heteroatoms. The Kier molecular flexibility index (Phi) is 3.08. The van der Waals surface area contributed by atoms with E-state index in [1.54, 1.807) is 0 Å². The first-order valence-corrected chi connectivity index (χ1v) is 7.66. The predicted octanol–water partition coefficient (Wildman–Crippen LogP) is 3.73. The lowest BCUT2D eigenvalue weighted by Gasteiger charge is -2.37. The number of halogens is 1. The van der Waals surface area contributed by atoms with Crippen molar-refractivity contribution in [1.82, 2.24) is 9.78 Å². The lowest BCUT2D eigenvalue weighted by atomic mass is 9.71. The number of aromatic nitrogens is 2. The molecule has 0 radical (unpaired) electrons. The quantitative estimate of drug-likeness (QED) is 0.781. The first-order valence-electron chi connectivity index (χ1n) is 6.58. The summed E-state index contributed by atoms with van der Waals surface area (Å²) >= 11 is 2.24. The summed E-state index contributed by atoms with van der Waals surface area (Å²) in [6.07, 6.45) is 4.09. The molecule has 3 nitrogen and oxygen atoms in total. The molecule has 0 amide bonds. The van der Waals surface area contributed by atoms with E-state index in [0.29, 0.717) is 0 Å². The minimum atomic E-state index is 0.238. The lowest BCUT2D eigenvalue weighted by molar-refractivity contribution is 0.355. The summed E-state index contributed by atoms with van der Waals surface area (Å²) in [6.45, 7) is 4.64. The predicted molar refractivity (Wildman–Crippen MR) is 86.2 cm³/mol. The molecule has 100 valence electrons. The summed E-state index contributed by atoms with van der Waals surface area (Å²) in [4.78, 5) is 0. The fourth-order valence-corrected chi connectivity index (χ4v) is 3.42. The van der Waals surface area contributed by atoms with Crippen LogP contribution in [0.2, 0.25) is 0 Å². The number of nitrogen functional groups attached to an aromatic ring is 1. The zero-order valence-electron chi connectivity index (χ0n) is 11.2. The van der Waals surface area contributed by atoms with Crippen molar-refractivity contribution in [2.45, 2.75) is 38.1 Å². The van der Waals surface area contributed by atoms with Gasteiger partial charge in [0, 0.05) is 0 Å². The number of benzene rings is 1. The van der Waals surface area contributed by atoms with Gasteiger partial charge in [-0.1, -0.05) is 38.1 Å². The number of hydrogen-bond acceptors (Lipinski definition) is 2. The van der Waals surface area contributed by atoms with Crippen molar-refractivity contribution < 1.29 is 0 Å². The Morgan fingerprint density at radius 1 is 1.37 bits per heavy atom. The third kappa shape index (κ3) is 2.06. The Morgan fingerprint density at radius 3 is 2.79 bits per heavy atom. The number of hydrogen-bond donors (Lipinski definition) is 1. The molecule has 0 saturated carbocycles. The van der Waals surface area contributed by atoms with E-state index in [4.69, 9.17) is 5.73 Å². The van der Waals surface area contributed by atoms with Crippen LogP contribution in [-0.2, 0) is 5.41 Å². The summed E-state index contributed by atoms with van der Waals surface area (Å²) in [6, 6.07) is 8.96. The normalized spacial score (nSPS) is 21.1. The summed E-state index contributed by atoms with van der Waals surface area (Å²) in [5, 5.41) is 4.47. The fourth-order valence-electron chi connectivity index (χ4n) is 3.04. The van der Waals surface area contributed by atoms with Crippen LogP contribution in [0, 0.1) is 3.57 Å². The monoisotopic (exact) mass is 367 g/mol. The van der Waals surface area contributed by atoms with Crippen LogP contribution < -0.4 is 5.73 Å². The summed E-state index contributed by atoms with van der Waals surface area (Å²) in [7, 11) is 0. The third-order valence-corrected chi connectivity index (χ3v) is 5.01. The summed E-state index contributed by atoms with van der Waals surface area (Å²) in [5.41, 5.74) is 9.18. The largest absolute Gasteiger partial charge is 0.383 e. The van der Waals surface area contributed by atoms with E-state index in [-0.39, 0.29) is 11.5 Å². The Morgan fingerprint density at radius 2 is 2.11 bits per heavy atom. The van der Waals surface area contributed by atoms with Crippen molar-refractivity contribution in [2.24, 2.45) is 0 Å². The van der Waals surface area contributed by atoms with Crippen molar-refractivity contribution in [3.8, 4) is 0 Å². The van der Waals surface area contributed by atoms with Gasteiger partial charge in [0.05, 0.1) is 15.8 Å². The minimum absolute atomic E-state index is 0.238. The van der Waals surface area contributed by atoms with E-state index in [9.17, 15) is 0 Å². The van der Waals surface area contributed by atoms with Gasteiger partial charge in [-0.15, -0.1) is 0 Å². The third-order valence-electron chi connectivity index (χ3n) is 4.17. The van der Waals surface area contributed by atoms with Crippen LogP contribution in [0.25, 0.3) is 0 Å². The van der Waals surface area contributed by atoms with Crippen molar-refractivity contribution in [3.63, 3.8) is 0 Å². The highest BCUT2D eigenvalue weighted by molar-refractivity contribution is 14.1. The number of anilines is 1. The molecular formula is C15H18IN3. The first-order chi connectivity index (χ1) is 9.00. The molecular weight excluding hydrogens is 349 g/mol. The Bertz CT molecular complexity index is 616. The van der Waals surface area contributed by atoms with E-state index in [1.807, 2.05) is 10.9 Å². The molecule has 1 unspecified atom stereocenters. The highest BCUT2D eigenvalue weighted by Crippen LogP contribution is 2.43. The average molecular weight is 367 g/mol. The smallest absolute Gasteiger partial charge is 0.135 e. The second-order valence-electron chi connectivity index (χ2n) is 5.85. The van der Waals surface area contributed by atoms with Gasteiger partial charge >= 0.3 is 0 Å². The fraction of sp³-hybridized carbons (Fsp3) is 0.400. The number of nitrogens with two attached hydrogens (primary N) is 1. The van der Waals surface area contributed by atoms with Gasteiger partial charge in [0.15, 0.2) is 0 Å². The van der Waals surface area contributed by atoms with Gasteiger partial charge in [-0.25, -0.2) is 4.68 Å². The highest BCUT2D eigenvalue weighted by Gasteiger charge is 2.34. The minimum Gasteiger partial charge on any atom is -0.383 e. The van der Waals surface area contributed by atoms with Gasteiger partial charge < -0.3 is 5.73 Å². The Labute approximate surface area is 127 Å². The van der Waals surface area contributed by atoms with Crippen LogP contribution in [0.5, 0.6) is 0 Å². The van der Waals surface area contributed by atoms with Crippen LogP contribution in [0.3, 0.4) is 0 Å². The molecule has 0 bridgehead atoms. The number of nitrogens with zero attached hydrogens (tertiary/aromatic N) is 2. The summed E-state index contributed by atoms with van der Waals surface area (Å²) in [5.74, 6) is 0.778. The number of fused-ring (bicyclic) bond motifs is 1. The Hall–Kier alpha value is -1.04. The van der Waals surface area contributed by atoms with E-state index >= 15 is 0 Å². The molecule has 1 aromatic carbocycles. The zero-order chi connectivity index (χ0) is 13.6. The van der Waals surface area contributed by atoms with Crippen LogP contribution in [0.15, 0.2) is 30.5 Å². The number of rotatable bonds is 1. The standard InChI is InChI=1S/C15H18IN3/c1-15(2)8-7-13(10-5-3-4-6-11(10)15)19-14(17)12(16)9-18-19/h3-6,9,13H,7-8,17H2,1-2H3. The second-order valence-corrected chi connectivity index (χ2v) is 7.01. The topological polar surface area (TPSA) is 43.8 Å². The first kappa shape index (κ1) is 13.0. The molecule has 1 atom stereocenters. The van der Waals surface area contributed by atoms with E-state index in [2.05, 4.69) is 65.8 Å². The van der Waals surface area contributed by atoms with Crippen molar-refractivity contribution >= 4 is 28.4 Å². The maximum Gasteiger partial charge on any atom is 0.135 e. The van der Waals surface area contributed by atoms with E-state index < -0.39 is 0 Å². The van der Waals surface area contributed by atoms with Crippen LogP contribution >= 0.6 is 22.6 Å². The van der Waals surface area contributed by atoms with Gasteiger partial charge in [-0.2, -0.15) is 5.10 Å². The SMILES string of the molecule is CC1(C)CCC(n2ncc(I)c2N)c2ccccc21. The molecule has 1 aliphatic rings. The molecule has 0 saturated heterocycles. The zero-order valence-corrected chi connectivity index (χ0v) is 13.4. The van der Waals surface area contributed by atoms with Crippen molar-refractivity contribution in [1.29, 1.82) is 0 Å². The molecule has 2 N–H and O–H groups in total. The lowest BCUT2D eigenvalue weighted by Crippen LogP contribution is -2.29. The van der Waals surface area contributed by atoms with Gasteiger partial charge in [0.2, 0.25) is 0 Å². The molecule has 1 heterocycles. The summed E-state index contributed by atoms with van der Waals surface area (Å²) < 4.78 is 3.01. The van der Waals surface area contributed by atoms with Crippen LogP contribution in [0.1, 0.15) is 43.9 Å². The molecule has 0 spiro atoms. The molecule has 2 aromatic rings. The molecule has 0 fully saturated rings. The molecule has 1 aromatic heterocycles. The molecule has 3 rings (SSSR count). The van der Waals surface area contributed by atoms with Crippen molar-refractivity contribution in [3.05, 3.63) is 45.2 Å². The van der Waals surface area contributed by atoms with Crippen LogP contribution in [-0.4, -0.2) is 9.78 Å². The van der Waals surface area contributed by atoms with E-state index in [0.717, 1.165) is 22.2 Å². The van der Waals surface area contributed by atoms with Crippen molar-refractivity contribution in [2.75, 3.05) is 5.73 Å². The highest BCUT2D eigenvalue weighted by atomic mass is 127. The molecule has 19 heavy (non-hydrogen) atoms. The van der Waals surface area contributed by atoms with Gasteiger partial charge in [-0.05, 0) is 52.0 Å². The van der Waals surface area contributed by atoms with Gasteiger partial charge in [-0.3, -0.25) is 0 Å². The van der Waals surface area contributed by atoms with Gasteiger partial charge in [0.25, 0.3) is 0 Å². The molecule has 1 aliphatic carbocycles. The maximum absolute atomic E-state index is 6.15. The average Bonchev–Trinajstić information content (AvgIpc) is 2.71. The molecule has 0 aliphatic heterocycles. The second kappa shape index (κ2) is 4.51.